The zero-order chi connectivity index (χ0) is 12.4. The summed E-state index contributed by atoms with van der Waals surface area (Å²) in [6.45, 7) is 5.86. The first-order valence-electron chi connectivity index (χ1n) is 7.82. The van der Waals surface area contributed by atoms with E-state index in [-0.39, 0.29) is 0 Å². The number of rotatable bonds is 8. The number of likely N-dealkylation sites (N-methyl/N-ethyl adjacent to an activating group) is 1. The van der Waals surface area contributed by atoms with Gasteiger partial charge >= 0.3 is 0 Å². The molecule has 0 aromatic carbocycles. The van der Waals surface area contributed by atoms with Crippen molar-refractivity contribution < 1.29 is 4.74 Å². The minimum absolute atomic E-state index is 0.630. The van der Waals surface area contributed by atoms with E-state index in [0.29, 0.717) is 6.04 Å². The SMILES string of the molecule is CNC(CN(CC1CC1)CC1CC1)C1CCOC1. The second-order valence-corrected chi connectivity index (χ2v) is 6.62. The average molecular weight is 252 g/mol. The molecule has 1 heterocycles. The quantitative estimate of drug-likeness (QED) is 0.712. The minimum Gasteiger partial charge on any atom is -0.381 e. The molecule has 0 aromatic heterocycles. The number of nitrogens with one attached hydrogen (secondary N) is 1. The summed E-state index contributed by atoms with van der Waals surface area (Å²) in [5.41, 5.74) is 0. The Morgan fingerprint density at radius 1 is 1.11 bits per heavy atom. The number of ether oxygens (including phenoxy) is 1. The third-order valence-electron chi connectivity index (χ3n) is 4.79. The van der Waals surface area contributed by atoms with Gasteiger partial charge in [-0.05, 0) is 51.0 Å². The first-order chi connectivity index (χ1) is 8.85. The van der Waals surface area contributed by atoms with Gasteiger partial charge in [0.05, 0.1) is 6.61 Å². The first-order valence-corrected chi connectivity index (χ1v) is 7.82. The van der Waals surface area contributed by atoms with Crippen molar-refractivity contribution in [3.63, 3.8) is 0 Å². The lowest BCUT2D eigenvalue weighted by atomic mass is 9.98. The number of hydrogen-bond acceptors (Lipinski definition) is 3. The van der Waals surface area contributed by atoms with Gasteiger partial charge < -0.3 is 15.0 Å². The lowest BCUT2D eigenvalue weighted by Crippen LogP contribution is -2.45. The van der Waals surface area contributed by atoms with Gasteiger partial charge in [-0.2, -0.15) is 0 Å². The summed E-state index contributed by atoms with van der Waals surface area (Å²) < 4.78 is 5.55. The highest BCUT2D eigenvalue weighted by Crippen LogP contribution is 2.34. The van der Waals surface area contributed by atoms with E-state index in [1.54, 1.807) is 0 Å². The van der Waals surface area contributed by atoms with Crippen LogP contribution >= 0.6 is 0 Å². The van der Waals surface area contributed by atoms with Crippen LogP contribution in [0.15, 0.2) is 0 Å². The Labute approximate surface area is 111 Å². The Hall–Kier alpha value is -0.120. The Balaban J connectivity index is 1.50. The fourth-order valence-electron chi connectivity index (χ4n) is 3.18. The van der Waals surface area contributed by atoms with Crippen LogP contribution in [0.3, 0.4) is 0 Å². The third kappa shape index (κ3) is 3.69. The maximum absolute atomic E-state index is 5.55. The van der Waals surface area contributed by atoms with Crippen LogP contribution in [0.2, 0.25) is 0 Å². The molecule has 2 saturated carbocycles. The molecule has 3 rings (SSSR count). The smallest absolute Gasteiger partial charge is 0.0510 e. The van der Waals surface area contributed by atoms with Gasteiger partial charge in [0.2, 0.25) is 0 Å². The Bertz CT molecular complexity index is 243. The van der Waals surface area contributed by atoms with E-state index in [1.165, 1.54) is 51.7 Å². The van der Waals surface area contributed by atoms with Crippen LogP contribution in [0.25, 0.3) is 0 Å². The first kappa shape index (κ1) is 12.9. The van der Waals surface area contributed by atoms with Gasteiger partial charge in [-0.25, -0.2) is 0 Å². The van der Waals surface area contributed by atoms with Gasteiger partial charge in [0, 0.05) is 38.2 Å². The molecule has 3 heteroatoms. The highest BCUT2D eigenvalue weighted by atomic mass is 16.5. The van der Waals surface area contributed by atoms with Crippen LogP contribution in [-0.2, 0) is 4.74 Å². The van der Waals surface area contributed by atoms with Gasteiger partial charge in [-0.15, -0.1) is 0 Å². The van der Waals surface area contributed by atoms with Crippen molar-refractivity contribution in [2.45, 2.75) is 38.1 Å². The van der Waals surface area contributed by atoms with Crippen LogP contribution in [0, 0.1) is 17.8 Å². The minimum atomic E-state index is 0.630. The molecule has 2 aliphatic carbocycles. The van der Waals surface area contributed by atoms with Gasteiger partial charge in [0.25, 0.3) is 0 Å². The second kappa shape index (κ2) is 5.89. The molecule has 0 amide bonds. The summed E-state index contributed by atoms with van der Waals surface area (Å²) in [7, 11) is 2.12. The van der Waals surface area contributed by atoms with Crippen LogP contribution in [0.1, 0.15) is 32.1 Å². The van der Waals surface area contributed by atoms with Gasteiger partial charge in [-0.3, -0.25) is 0 Å². The molecule has 1 saturated heterocycles. The number of nitrogens with zero attached hydrogens (tertiary/aromatic N) is 1. The molecule has 0 spiro atoms. The molecule has 18 heavy (non-hydrogen) atoms. The molecule has 3 nitrogen and oxygen atoms in total. The zero-order valence-corrected chi connectivity index (χ0v) is 11.7. The standard InChI is InChI=1S/C15H28N2O/c1-16-15(14-6-7-18-11-14)10-17(8-12-2-3-12)9-13-4-5-13/h12-16H,2-11H2,1H3. The summed E-state index contributed by atoms with van der Waals surface area (Å²) in [6.07, 6.45) is 7.12. The van der Waals surface area contributed by atoms with Crippen LogP contribution in [0.5, 0.6) is 0 Å². The lowest BCUT2D eigenvalue weighted by molar-refractivity contribution is 0.159. The molecule has 1 N–H and O–H groups in total. The van der Waals surface area contributed by atoms with Crippen LogP contribution in [0.4, 0.5) is 0 Å². The Morgan fingerprint density at radius 3 is 2.22 bits per heavy atom. The molecule has 0 aromatic rings. The van der Waals surface area contributed by atoms with Crippen molar-refractivity contribution in [3.05, 3.63) is 0 Å². The normalized spacial score (nSPS) is 30.0. The molecule has 3 aliphatic rings. The van der Waals surface area contributed by atoms with Gasteiger partial charge in [0.1, 0.15) is 0 Å². The van der Waals surface area contributed by atoms with E-state index in [2.05, 4.69) is 17.3 Å². The van der Waals surface area contributed by atoms with Crippen molar-refractivity contribution in [1.29, 1.82) is 0 Å². The van der Waals surface area contributed by atoms with E-state index in [1.807, 2.05) is 0 Å². The average Bonchev–Trinajstić information content (AvgIpc) is 3.29. The summed E-state index contributed by atoms with van der Waals surface area (Å²) in [6, 6.07) is 0.630. The molecule has 0 radical (unpaired) electrons. The molecular weight excluding hydrogens is 224 g/mol. The van der Waals surface area contributed by atoms with E-state index in [4.69, 9.17) is 4.74 Å². The maximum atomic E-state index is 5.55. The van der Waals surface area contributed by atoms with Crippen molar-refractivity contribution >= 4 is 0 Å². The van der Waals surface area contributed by atoms with E-state index in [0.717, 1.165) is 31.0 Å². The Kier molecular flexibility index (Phi) is 4.22. The fraction of sp³-hybridized carbons (Fsp3) is 1.00. The molecule has 2 unspecified atom stereocenters. The van der Waals surface area contributed by atoms with E-state index >= 15 is 0 Å². The van der Waals surface area contributed by atoms with Crippen LogP contribution in [-0.4, -0.2) is 50.8 Å². The molecule has 2 atom stereocenters. The molecule has 3 fully saturated rings. The topological polar surface area (TPSA) is 24.5 Å². The summed E-state index contributed by atoms with van der Waals surface area (Å²) in [5.74, 6) is 2.76. The predicted octanol–water partition coefficient (Wildman–Crippen LogP) is 1.73. The van der Waals surface area contributed by atoms with Crippen LogP contribution < -0.4 is 5.32 Å². The third-order valence-corrected chi connectivity index (χ3v) is 4.79. The zero-order valence-electron chi connectivity index (χ0n) is 11.7. The predicted molar refractivity (Wildman–Crippen MR) is 73.7 cm³/mol. The van der Waals surface area contributed by atoms with Gasteiger partial charge in [-0.1, -0.05) is 0 Å². The molecule has 104 valence electrons. The number of hydrogen-bond donors (Lipinski definition) is 1. The highest BCUT2D eigenvalue weighted by Gasteiger charge is 2.32. The van der Waals surface area contributed by atoms with Gasteiger partial charge in [0.15, 0.2) is 0 Å². The molecule has 1 aliphatic heterocycles. The van der Waals surface area contributed by atoms with Crippen molar-refractivity contribution in [1.82, 2.24) is 10.2 Å². The summed E-state index contributed by atoms with van der Waals surface area (Å²) in [5, 5.41) is 3.54. The monoisotopic (exact) mass is 252 g/mol. The van der Waals surface area contributed by atoms with E-state index < -0.39 is 0 Å². The lowest BCUT2D eigenvalue weighted by Gasteiger charge is -2.30. The summed E-state index contributed by atoms with van der Waals surface area (Å²) >= 11 is 0. The van der Waals surface area contributed by atoms with E-state index in [9.17, 15) is 0 Å². The maximum Gasteiger partial charge on any atom is 0.0510 e. The second-order valence-electron chi connectivity index (χ2n) is 6.62. The molecule has 0 bridgehead atoms. The highest BCUT2D eigenvalue weighted by molar-refractivity contribution is 4.87. The van der Waals surface area contributed by atoms with Crippen molar-refractivity contribution in [2.24, 2.45) is 17.8 Å². The Morgan fingerprint density at radius 2 is 1.78 bits per heavy atom. The van der Waals surface area contributed by atoms with Crippen molar-refractivity contribution in [3.8, 4) is 0 Å². The summed E-state index contributed by atoms with van der Waals surface area (Å²) in [4.78, 5) is 2.74. The molecular formula is C15H28N2O. The fourth-order valence-corrected chi connectivity index (χ4v) is 3.18. The largest absolute Gasteiger partial charge is 0.381 e. The van der Waals surface area contributed by atoms with Crippen molar-refractivity contribution in [2.75, 3.05) is 39.9 Å².